The predicted molar refractivity (Wildman–Crippen MR) is 40.7 cm³/mol. The quantitative estimate of drug-likeness (QED) is 0.454. The summed E-state index contributed by atoms with van der Waals surface area (Å²) < 4.78 is 0. The lowest BCUT2D eigenvalue weighted by molar-refractivity contribution is 0.148. The molecule has 0 heterocycles. The van der Waals surface area contributed by atoms with Crippen molar-refractivity contribution >= 4 is 0 Å². The molecule has 1 fully saturated rings. The van der Waals surface area contributed by atoms with Crippen LogP contribution in [0.1, 0.15) is 19.3 Å². The molecule has 3 heteroatoms. The van der Waals surface area contributed by atoms with Crippen LogP contribution in [0.4, 0.5) is 0 Å². The van der Waals surface area contributed by atoms with Gasteiger partial charge < -0.3 is 16.2 Å². The largest absolute Gasteiger partial charge is 0.389 e. The topological polar surface area (TPSA) is 58.3 Å². The van der Waals surface area contributed by atoms with Crippen LogP contribution in [-0.2, 0) is 0 Å². The first-order chi connectivity index (χ1) is 4.77. The standard InChI is InChI=1S/C7H16N2O/c8-4-1-5-9-6-7(10)2-3-7/h9-10H,1-6,8H2. The van der Waals surface area contributed by atoms with E-state index in [-0.39, 0.29) is 5.60 Å². The first kappa shape index (κ1) is 7.98. The highest BCUT2D eigenvalue weighted by Gasteiger charge is 2.39. The van der Waals surface area contributed by atoms with Crippen LogP contribution in [0.3, 0.4) is 0 Å². The lowest BCUT2D eigenvalue weighted by atomic mass is 10.3. The molecule has 0 unspecified atom stereocenters. The third-order valence-electron chi connectivity index (χ3n) is 1.84. The molecule has 1 saturated carbocycles. The summed E-state index contributed by atoms with van der Waals surface area (Å²) in [6.45, 7) is 2.40. The van der Waals surface area contributed by atoms with E-state index in [4.69, 9.17) is 5.73 Å². The first-order valence-electron chi connectivity index (χ1n) is 3.90. The van der Waals surface area contributed by atoms with E-state index >= 15 is 0 Å². The Kier molecular flexibility index (Phi) is 2.65. The van der Waals surface area contributed by atoms with Crippen LogP contribution in [-0.4, -0.2) is 30.3 Å². The highest BCUT2D eigenvalue weighted by atomic mass is 16.3. The van der Waals surface area contributed by atoms with Gasteiger partial charge in [0.2, 0.25) is 0 Å². The van der Waals surface area contributed by atoms with Crippen molar-refractivity contribution < 1.29 is 5.11 Å². The van der Waals surface area contributed by atoms with E-state index in [2.05, 4.69) is 5.32 Å². The summed E-state index contributed by atoms with van der Waals surface area (Å²) in [5.74, 6) is 0. The van der Waals surface area contributed by atoms with Crippen molar-refractivity contribution in [3.8, 4) is 0 Å². The lowest BCUT2D eigenvalue weighted by Crippen LogP contribution is -2.29. The molecule has 0 aliphatic heterocycles. The highest BCUT2D eigenvalue weighted by molar-refractivity contribution is 4.94. The Hall–Kier alpha value is -0.120. The van der Waals surface area contributed by atoms with Crippen LogP contribution in [0.2, 0.25) is 0 Å². The van der Waals surface area contributed by atoms with Gasteiger partial charge >= 0.3 is 0 Å². The van der Waals surface area contributed by atoms with Gasteiger partial charge in [0.05, 0.1) is 5.60 Å². The van der Waals surface area contributed by atoms with E-state index in [1.807, 2.05) is 0 Å². The highest BCUT2D eigenvalue weighted by Crippen LogP contribution is 2.33. The second-order valence-corrected chi connectivity index (χ2v) is 3.04. The Morgan fingerprint density at radius 1 is 1.50 bits per heavy atom. The Morgan fingerprint density at radius 3 is 2.70 bits per heavy atom. The molecular formula is C7H16N2O. The Morgan fingerprint density at radius 2 is 2.20 bits per heavy atom. The Labute approximate surface area is 61.6 Å². The molecule has 0 amide bonds. The first-order valence-corrected chi connectivity index (χ1v) is 3.90. The molecule has 0 spiro atoms. The third kappa shape index (κ3) is 2.64. The third-order valence-corrected chi connectivity index (χ3v) is 1.84. The monoisotopic (exact) mass is 144 g/mol. The Balaban J connectivity index is 1.86. The zero-order valence-electron chi connectivity index (χ0n) is 6.27. The molecule has 0 aromatic heterocycles. The van der Waals surface area contributed by atoms with Gasteiger partial charge in [-0.1, -0.05) is 0 Å². The van der Waals surface area contributed by atoms with Gasteiger partial charge in [0, 0.05) is 6.54 Å². The van der Waals surface area contributed by atoms with E-state index in [0.717, 1.165) is 38.9 Å². The molecule has 3 nitrogen and oxygen atoms in total. The molecule has 4 N–H and O–H groups in total. The van der Waals surface area contributed by atoms with Crippen molar-refractivity contribution in [2.45, 2.75) is 24.9 Å². The minimum Gasteiger partial charge on any atom is -0.389 e. The average Bonchev–Trinajstić information content (AvgIpc) is 2.62. The lowest BCUT2D eigenvalue weighted by Gasteiger charge is -2.07. The maximum absolute atomic E-state index is 9.33. The van der Waals surface area contributed by atoms with E-state index in [9.17, 15) is 5.11 Å². The summed E-state index contributed by atoms with van der Waals surface area (Å²) in [5, 5.41) is 12.5. The number of nitrogens with one attached hydrogen (secondary N) is 1. The summed E-state index contributed by atoms with van der Waals surface area (Å²) in [5.41, 5.74) is 4.94. The second-order valence-electron chi connectivity index (χ2n) is 3.04. The van der Waals surface area contributed by atoms with Crippen LogP contribution in [0.15, 0.2) is 0 Å². The minimum atomic E-state index is -0.353. The fraction of sp³-hybridized carbons (Fsp3) is 1.00. The van der Waals surface area contributed by atoms with Crippen molar-refractivity contribution in [1.29, 1.82) is 0 Å². The number of aliphatic hydroxyl groups is 1. The van der Waals surface area contributed by atoms with Crippen LogP contribution in [0.5, 0.6) is 0 Å². The number of rotatable bonds is 5. The van der Waals surface area contributed by atoms with Gasteiger partial charge in [-0.25, -0.2) is 0 Å². The maximum atomic E-state index is 9.33. The fourth-order valence-corrected chi connectivity index (χ4v) is 0.869. The predicted octanol–water partition coefficient (Wildman–Crippen LogP) is -0.550. The molecule has 0 saturated heterocycles. The van der Waals surface area contributed by atoms with Crippen molar-refractivity contribution in [3.05, 3.63) is 0 Å². The van der Waals surface area contributed by atoms with Crippen LogP contribution < -0.4 is 11.1 Å². The molecule has 0 aromatic carbocycles. The van der Waals surface area contributed by atoms with Gasteiger partial charge in [0.25, 0.3) is 0 Å². The number of hydrogen-bond acceptors (Lipinski definition) is 3. The minimum absolute atomic E-state index is 0.353. The van der Waals surface area contributed by atoms with E-state index in [0.29, 0.717) is 0 Å². The molecule has 1 rings (SSSR count). The van der Waals surface area contributed by atoms with Crippen LogP contribution in [0.25, 0.3) is 0 Å². The summed E-state index contributed by atoms with van der Waals surface area (Å²) in [6, 6.07) is 0. The molecule has 0 atom stereocenters. The van der Waals surface area contributed by atoms with Gasteiger partial charge in [0.1, 0.15) is 0 Å². The molecule has 1 aliphatic rings. The van der Waals surface area contributed by atoms with Crippen molar-refractivity contribution in [2.24, 2.45) is 5.73 Å². The van der Waals surface area contributed by atoms with Crippen LogP contribution >= 0.6 is 0 Å². The van der Waals surface area contributed by atoms with Crippen molar-refractivity contribution in [1.82, 2.24) is 5.32 Å². The van der Waals surface area contributed by atoms with Crippen molar-refractivity contribution in [3.63, 3.8) is 0 Å². The maximum Gasteiger partial charge on any atom is 0.0773 e. The number of hydrogen-bond donors (Lipinski definition) is 3. The summed E-state index contributed by atoms with van der Waals surface area (Å²) in [4.78, 5) is 0. The molecule has 10 heavy (non-hydrogen) atoms. The molecular weight excluding hydrogens is 128 g/mol. The number of nitrogens with two attached hydrogens (primary N) is 1. The van der Waals surface area contributed by atoms with Crippen molar-refractivity contribution in [2.75, 3.05) is 19.6 Å². The zero-order valence-corrected chi connectivity index (χ0v) is 6.27. The van der Waals surface area contributed by atoms with E-state index in [1.165, 1.54) is 0 Å². The molecule has 0 radical (unpaired) electrons. The SMILES string of the molecule is NCCCNCC1(O)CC1. The molecule has 0 aromatic rings. The normalized spacial score (nSPS) is 21.0. The molecule has 60 valence electrons. The van der Waals surface area contributed by atoms with Gasteiger partial charge in [-0.15, -0.1) is 0 Å². The summed E-state index contributed by atoms with van der Waals surface area (Å²) in [7, 11) is 0. The summed E-state index contributed by atoms with van der Waals surface area (Å²) in [6.07, 6.45) is 2.92. The average molecular weight is 144 g/mol. The fourth-order valence-electron chi connectivity index (χ4n) is 0.869. The zero-order chi connectivity index (χ0) is 7.45. The van der Waals surface area contributed by atoms with Gasteiger partial charge in [-0.05, 0) is 32.4 Å². The van der Waals surface area contributed by atoms with Gasteiger partial charge in [0.15, 0.2) is 0 Å². The van der Waals surface area contributed by atoms with Gasteiger partial charge in [-0.3, -0.25) is 0 Å². The molecule has 0 bridgehead atoms. The smallest absolute Gasteiger partial charge is 0.0773 e. The van der Waals surface area contributed by atoms with E-state index < -0.39 is 0 Å². The van der Waals surface area contributed by atoms with Crippen LogP contribution in [0, 0.1) is 0 Å². The second kappa shape index (κ2) is 3.32. The van der Waals surface area contributed by atoms with Gasteiger partial charge in [-0.2, -0.15) is 0 Å². The Bertz CT molecular complexity index is 102. The van der Waals surface area contributed by atoms with E-state index in [1.54, 1.807) is 0 Å². The molecule has 1 aliphatic carbocycles. The summed E-state index contributed by atoms with van der Waals surface area (Å²) >= 11 is 0.